The summed E-state index contributed by atoms with van der Waals surface area (Å²) in [6, 6.07) is 31.9. The lowest BCUT2D eigenvalue weighted by Crippen LogP contribution is -2.03. The van der Waals surface area contributed by atoms with Gasteiger partial charge in [-0.15, -0.1) is 5.10 Å². The predicted molar refractivity (Wildman–Crippen MR) is 159 cm³/mol. The summed E-state index contributed by atoms with van der Waals surface area (Å²) in [6.45, 7) is 0.591. The summed E-state index contributed by atoms with van der Waals surface area (Å²) >= 11 is 6.21. The maximum atomic E-state index is 6.21. The largest absolute Gasteiger partial charge is 0.467 e. The monoisotopic (exact) mass is 558 g/mol. The number of fused-ring (bicyclic) bond motifs is 3. The Morgan fingerprint density at radius 1 is 0.854 bits per heavy atom. The number of hydrogen-bond acceptors (Lipinski definition) is 6. The van der Waals surface area contributed by atoms with Crippen LogP contribution in [0.15, 0.2) is 119 Å². The van der Waals surface area contributed by atoms with Crippen LogP contribution in [-0.2, 0) is 18.0 Å². The number of benzene rings is 3. The summed E-state index contributed by atoms with van der Waals surface area (Å²) in [4.78, 5) is 15.3. The van der Waals surface area contributed by atoms with Crippen molar-refractivity contribution in [3.63, 3.8) is 0 Å². The van der Waals surface area contributed by atoms with Crippen molar-refractivity contribution in [3.05, 3.63) is 132 Å². The van der Waals surface area contributed by atoms with Crippen molar-refractivity contribution in [2.75, 3.05) is 0 Å². The van der Waals surface area contributed by atoms with E-state index in [2.05, 4.69) is 39.1 Å². The molecule has 0 amide bonds. The molecule has 0 fully saturated rings. The Morgan fingerprint density at radius 3 is 2.37 bits per heavy atom. The number of aromatic nitrogens is 5. The van der Waals surface area contributed by atoms with Crippen LogP contribution in [0.4, 0.5) is 0 Å². The molecule has 0 bridgehead atoms. The number of oxime groups is 1. The van der Waals surface area contributed by atoms with Gasteiger partial charge >= 0.3 is 0 Å². The molecule has 0 radical (unpaired) electrons. The normalized spacial score (nSPS) is 11.6. The van der Waals surface area contributed by atoms with E-state index in [-0.39, 0.29) is 6.61 Å². The molecule has 4 aromatic heterocycles. The van der Waals surface area contributed by atoms with Crippen molar-refractivity contribution in [1.29, 1.82) is 0 Å². The molecule has 4 heterocycles. The molecule has 0 aliphatic carbocycles. The minimum atomic E-state index is 0.0867. The SMILES string of the molecule is Clc1ccccc1/C=N/OCc1nc2c3c(-c4ccccc4)c(-c4ccccc4)n(Cc4ccco4)c3ncn2n1. The lowest BCUT2D eigenvalue weighted by atomic mass is 9.99. The molecule has 0 spiro atoms. The van der Waals surface area contributed by atoms with Crippen molar-refractivity contribution < 1.29 is 9.25 Å². The van der Waals surface area contributed by atoms with Crippen molar-refractivity contribution in [2.45, 2.75) is 13.2 Å². The maximum Gasteiger partial charge on any atom is 0.192 e. The molecule has 0 N–H and O–H groups in total. The van der Waals surface area contributed by atoms with E-state index in [0.29, 0.717) is 23.0 Å². The summed E-state index contributed by atoms with van der Waals surface area (Å²) in [6.07, 6.45) is 4.95. The highest BCUT2D eigenvalue weighted by Gasteiger charge is 2.25. The minimum Gasteiger partial charge on any atom is -0.467 e. The minimum absolute atomic E-state index is 0.0867. The fraction of sp³-hybridized carbons (Fsp3) is 0.0625. The second-order valence-electron chi connectivity index (χ2n) is 9.39. The van der Waals surface area contributed by atoms with Gasteiger partial charge in [-0.1, -0.05) is 95.6 Å². The zero-order valence-corrected chi connectivity index (χ0v) is 22.5. The Morgan fingerprint density at radius 2 is 1.61 bits per heavy atom. The molecule has 0 aliphatic heterocycles. The van der Waals surface area contributed by atoms with Crippen LogP contribution >= 0.6 is 11.6 Å². The third-order valence-corrected chi connectivity index (χ3v) is 7.14. The summed E-state index contributed by atoms with van der Waals surface area (Å²) in [5.41, 5.74) is 6.38. The van der Waals surface area contributed by atoms with Crippen LogP contribution in [0.2, 0.25) is 5.02 Å². The van der Waals surface area contributed by atoms with Gasteiger partial charge in [0.25, 0.3) is 0 Å². The number of hydrogen-bond donors (Lipinski definition) is 0. The zero-order chi connectivity index (χ0) is 27.6. The third kappa shape index (κ3) is 4.74. The predicted octanol–water partition coefficient (Wildman–Crippen LogP) is 7.26. The highest BCUT2D eigenvalue weighted by Crippen LogP contribution is 2.42. The van der Waals surface area contributed by atoms with E-state index in [1.165, 1.54) is 0 Å². The Hall–Kier alpha value is -5.21. The van der Waals surface area contributed by atoms with Gasteiger partial charge < -0.3 is 13.8 Å². The molecule has 8 nitrogen and oxygen atoms in total. The molecule has 0 atom stereocenters. The summed E-state index contributed by atoms with van der Waals surface area (Å²) < 4.78 is 9.63. The first-order valence-corrected chi connectivity index (χ1v) is 13.4. The molecular formula is C32H23ClN6O2. The summed E-state index contributed by atoms with van der Waals surface area (Å²) in [5.74, 6) is 1.31. The second-order valence-corrected chi connectivity index (χ2v) is 9.80. The standard InChI is InChI=1S/C32H23ClN6O2/c33-26-16-8-7-14-24(26)18-35-41-20-27-36-32-29-28(22-10-3-1-4-11-22)30(23-12-5-2-6-13-23)38(19-25-15-9-17-40-25)31(29)34-21-39(32)37-27/h1-18,21H,19-20H2/b35-18+. The summed E-state index contributed by atoms with van der Waals surface area (Å²) in [5, 5.41) is 10.2. The Labute approximate surface area is 240 Å². The lowest BCUT2D eigenvalue weighted by molar-refractivity contribution is 0.126. The van der Waals surface area contributed by atoms with Crippen LogP contribution in [0.3, 0.4) is 0 Å². The van der Waals surface area contributed by atoms with Gasteiger partial charge in [-0.2, -0.15) is 0 Å². The second kappa shape index (κ2) is 10.7. The molecule has 3 aromatic carbocycles. The smallest absolute Gasteiger partial charge is 0.192 e. The van der Waals surface area contributed by atoms with Crippen molar-refractivity contribution in [3.8, 4) is 22.4 Å². The lowest BCUT2D eigenvalue weighted by Gasteiger charge is -2.11. The highest BCUT2D eigenvalue weighted by atomic mass is 35.5. The van der Waals surface area contributed by atoms with E-state index in [0.717, 1.165) is 44.7 Å². The van der Waals surface area contributed by atoms with Gasteiger partial charge in [0.2, 0.25) is 0 Å². The maximum absolute atomic E-state index is 6.21. The van der Waals surface area contributed by atoms with Gasteiger partial charge in [0, 0.05) is 16.1 Å². The van der Waals surface area contributed by atoms with Gasteiger partial charge in [-0.25, -0.2) is 14.5 Å². The topological polar surface area (TPSA) is 82.7 Å². The molecule has 0 unspecified atom stereocenters. The van der Waals surface area contributed by atoms with E-state index in [4.69, 9.17) is 30.8 Å². The van der Waals surface area contributed by atoms with E-state index in [1.807, 2.05) is 66.7 Å². The van der Waals surface area contributed by atoms with Crippen molar-refractivity contribution in [2.24, 2.45) is 5.16 Å². The van der Waals surface area contributed by atoms with Crippen LogP contribution < -0.4 is 0 Å². The molecule has 200 valence electrons. The molecular weight excluding hydrogens is 536 g/mol. The van der Waals surface area contributed by atoms with Gasteiger partial charge in [-0.3, -0.25) is 0 Å². The fourth-order valence-electron chi connectivity index (χ4n) is 5.00. The van der Waals surface area contributed by atoms with Crippen LogP contribution in [0.5, 0.6) is 0 Å². The quantitative estimate of drug-likeness (QED) is 0.145. The molecule has 7 rings (SSSR count). The van der Waals surface area contributed by atoms with E-state index in [1.54, 1.807) is 29.4 Å². The number of rotatable bonds is 8. The van der Waals surface area contributed by atoms with Gasteiger partial charge in [0.05, 0.1) is 30.1 Å². The Kier molecular flexibility index (Phi) is 6.50. The average Bonchev–Trinajstić information content (AvgIpc) is 3.75. The first-order chi connectivity index (χ1) is 20.3. The van der Waals surface area contributed by atoms with Crippen LogP contribution in [0.25, 0.3) is 39.1 Å². The molecule has 9 heteroatoms. The van der Waals surface area contributed by atoms with Gasteiger partial charge in [-0.05, 0) is 29.3 Å². The van der Waals surface area contributed by atoms with E-state index >= 15 is 0 Å². The highest BCUT2D eigenvalue weighted by molar-refractivity contribution is 6.33. The third-order valence-electron chi connectivity index (χ3n) is 6.79. The molecule has 0 aliphatic rings. The van der Waals surface area contributed by atoms with Crippen molar-refractivity contribution >= 4 is 34.5 Å². The molecule has 0 saturated carbocycles. The number of nitrogens with zero attached hydrogens (tertiary/aromatic N) is 6. The molecule has 0 saturated heterocycles. The zero-order valence-electron chi connectivity index (χ0n) is 21.8. The average molecular weight is 559 g/mol. The van der Waals surface area contributed by atoms with E-state index in [9.17, 15) is 0 Å². The van der Waals surface area contributed by atoms with Crippen LogP contribution in [-0.4, -0.2) is 30.4 Å². The first-order valence-electron chi connectivity index (χ1n) is 13.1. The van der Waals surface area contributed by atoms with E-state index < -0.39 is 0 Å². The summed E-state index contributed by atoms with van der Waals surface area (Å²) in [7, 11) is 0. The van der Waals surface area contributed by atoms with Crippen LogP contribution in [0, 0.1) is 0 Å². The van der Waals surface area contributed by atoms with Crippen molar-refractivity contribution in [1.82, 2.24) is 24.1 Å². The Balaban J connectivity index is 1.38. The van der Waals surface area contributed by atoms with Crippen LogP contribution in [0.1, 0.15) is 17.1 Å². The van der Waals surface area contributed by atoms with Gasteiger partial charge in [0.15, 0.2) is 18.1 Å². The fourth-order valence-corrected chi connectivity index (χ4v) is 5.19. The molecule has 7 aromatic rings. The first kappa shape index (κ1) is 24.8. The Bertz CT molecular complexity index is 1980. The number of furan rings is 1. The number of halogens is 1. The van der Waals surface area contributed by atoms with Gasteiger partial charge in [0.1, 0.15) is 17.7 Å². The molecule has 41 heavy (non-hydrogen) atoms.